The Hall–Kier alpha value is -1.38. The van der Waals surface area contributed by atoms with Crippen LogP contribution in [0.5, 0.6) is 0 Å². The van der Waals surface area contributed by atoms with Gasteiger partial charge in [-0.15, -0.1) is 0 Å². The monoisotopic (exact) mass is 250 g/mol. The van der Waals surface area contributed by atoms with Gasteiger partial charge in [0.15, 0.2) is 0 Å². The Morgan fingerprint density at radius 3 is 2.65 bits per heavy atom. The lowest BCUT2D eigenvalue weighted by Crippen LogP contribution is -1.99. The first-order chi connectivity index (χ1) is 8.24. The van der Waals surface area contributed by atoms with Crippen molar-refractivity contribution >= 4 is 16.8 Å². The molecule has 0 bridgehead atoms. The molecule has 2 nitrogen and oxygen atoms in total. The number of halogens is 1. The molecule has 0 heterocycles. The Morgan fingerprint density at radius 2 is 2.06 bits per heavy atom. The minimum atomic E-state index is -0.471. The summed E-state index contributed by atoms with van der Waals surface area (Å²) in [5, 5.41) is -0.471. The third-order valence-corrected chi connectivity index (χ3v) is 2.41. The summed E-state index contributed by atoms with van der Waals surface area (Å²) in [6.45, 7) is 0. The van der Waals surface area contributed by atoms with Gasteiger partial charge in [-0.25, -0.2) is 0 Å². The van der Waals surface area contributed by atoms with Crippen LogP contribution < -0.4 is 0 Å². The summed E-state index contributed by atoms with van der Waals surface area (Å²) >= 11 is 5.16. The predicted octanol–water partition coefficient (Wildman–Crippen LogP) is 3.64. The largest absolute Gasteiger partial charge is 0.376 e. The number of carbonyl (C=O) groups is 1. The molecule has 0 spiro atoms. The average Bonchev–Trinajstić information content (AvgIpc) is 2.34. The van der Waals surface area contributed by atoms with E-state index >= 15 is 0 Å². The zero-order valence-electron chi connectivity index (χ0n) is 9.68. The van der Waals surface area contributed by atoms with Crippen molar-refractivity contribution in [3.63, 3.8) is 0 Å². The van der Waals surface area contributed by atoms with Gasteiger partial charge < -0.3 is 4.74 Å². The van der Waals surface area contributed by atoms with E-state index in [0.29, 0.717) is 0 Å². The lowest BCUT2D eigenvalue weighted by atomic mass is 10.1. The van der Waals surface area contributed by atoms with Crippen LogP contribution in [0, 0.1) is 0 Å². The molecule has 0 fully saturated rings. The molecule has 0 saturated heterocycles. The Kier molecular flexibility index (Phi) is 6.30. The normalized spacial score (nSPS) is 13.3. The van der Waals surface area contributed by atoms with Gasteiger partial charge in [0.25, 0.3) is 0 Å². The van der Waals surface area contributed by atoms with Crippen LogP contribution in [0.2, 0.25) is 0 Å². The van der Waals surface area contributed by atoms with Crippen molar-refractivity contribution in [2.24, 2.45) is 0 Å². The fourth-order valence-corrected chi connectivity index (χ4v) is 1.52. The summed E-state index contributed by atoms with van der Waals surface area (Å²) < 4.78 is 5.40. The molecule has 17 heavy (non-hydrogen) atoms. The van der Waals surface area contributed by atoms with Crippen LogP contribution in [0.1, 0.15) is 18.1 Å². The van der Waals surface area contributed by atoms with Crippen molar-refractivity contribution in [3.8, 4) is 0 Å². The van der Waals surface area contributed by atoms with Gasteiger partial charge in [-0.2, -0.15) is 0 Å². The predicted molar refractivity (Wildman–Crippen MR) is 69.9 cm³/mol. The number of ether oxygens (including phenoxy) is 1. The second kappa shape index (κ2) is 7.82. The van der Waals surface area contributed by atoms with Gasteiger partial charge in [0.2, 0.25) is 5.24 Å². The highest BCUT2D eigenvalue weighted by molar-refractivity contribution is 6.66. The zero-order valence-corrected chi connectivity index (χ0v) is 10.4. The van der Waals surface area contributed by atoms with Gasteiger partial charge in [0, 0.05) is 7.11 Å². The van der Waals surface area contributed by atoms with E-state index in [4.69, 9.17) is 16.3 Å². The fourth-order valence-electron chi connectivity index (χ4n) is 1.45. The minimum absolute atomic E-state index is 0.0348. The Morgan fingerprint density at radius 1 is 1.35 bits per heavy atom. The van der Waals surface area contributed by atoms with E-state index in [1.807, 2.05) is 36.4 Å². The van der Waals surface area contributed by atoms with Crippen molar-refractivity contribution in [1.29, 1.82) is 0 Å². The molecule has 1 rings (SSSR count). The Bertz CT molecular complexity index is 396. The van der Waals surface area contributed by atoms with E-state index in [-0.39, 0.29) is 6.10 Å². The second-order valence-corrected chi connectivity index (χ2v) is 3.83. The first-order valence-corrected chi connectivity index (χ1v) is 5.72. The molecule has 0 aliphatic rings. The molecule has 0 amide bonds. The van der Waals surface area contributed by atoms with Gasteiger partial charge in [-0.3, -0.25) is 4.79 Å². The highest BCUT2D eigenvalue weighted by atomic mass is 35.5. The number of benzene rings is 1. The molecule has 1 aromatic rings. The molecular weight excluding hydrogens is 236 g/mol. The standard InChI is InChI=1S/C14H15ClO2/c1-17-13(12-8-4-2-5-9-12)10-6-3-7-11-14(15)16/h2-9,11,13H,10H2,1H3/b6-3+,11-7+. The Balaban J connectivity index is 2.51. The minimum Gasteiger partial charge on any atom is -0.376 e. The van der Waals surface area contributed by atoms with Gasteiger partial charge in [-0.1, -0.05) is 48.6 Å². The van der Waals surface area contributed by atoms with Crippen LogP contribution in [0.4, 0.5) is 0 Å². The third-order valence-electron chi connectivity index (χ3n) is 2.28. The van der Waals surface area contributed by atoms with Crippen LogP contribution in [0.25, 0.3) is 0 Å². The SMILES string of the molecule is COC(C/C=C/C=C/C(=O)Cl)c1ccccc1. The van der Waals surface area contributed by atoms with Crippen LogP contribution in [-0.2, 0) is 9.53 Å². The van der Waals surface area contributed by atoms with E-state index < -0.39 is 5.24 Å². The molecule has 0 N–H and O–H groups in total. The van der Waals surface area contributed by atoms with E-state index in [2.05, 4.69) is 0 Å². The lowest BCUT2D eigenvalue weighted by molar-refractivity contribution is -0.107. The lowest BCUT2D eigenvalue weighted by Gasteiger charge is -2.13. The molecule has 0 radical (unpaired) electrons. The molecule has 3 heteroatoms. The van der Waals surface area contributed by atoms with E-state index in [0.717, 1.165) is 12.0 Å². The molecule has 1 aromatic carbocycles. The van der Waals surface area contributed by atoms with E-state index in [1.165, 1.54) is 6.08 Å². The quantitative estimate of drug-likeness (QED) is 0.438. The van der Waals surface area contributed by atoms with Gasteiger partial charge in [-0.05, 0) is 29.7 Å². The van der Waals surface area contributed by atoms with Gasteiger partial charge in [0.05, 0.1) is 6.10 Å². The molecule has 0 aromatic heterocycles. The highest BCUT2D eigenvalue weighted by Crippen LogP contribution is 2.20. The molecular formula is C14H15ClO2. The molecule has 0 aliphatic carbocycles. The zero-order chi connectivity index (χ0) is 12.5. The number of allylic oxidation sites excluding steroid dienone is 3. The maximum atomic E-state index is 10.4. The first kappa shape index (κ1) is 13.7. The summed E-state index contributed by atoms with van der Waals surface area (Å²) in [7, 11) is 1.68. The maximum Gasteiger partial charge on any atom is 0.245 e. The third kappa shape index (κ3) is 5.48. The molecule has 1 atom stereocenters. The topological polar surface area (TPSA) is 26.3 Å². The van der Waals surface area contributed by atoms with Crippen LogP contribution in [0.15, 0.2) is 54.6 Å². The number of hydrogen-bond acceptors (Lipinski definition) is 2. The molecule has 0 saturated carbocycles. The second-order valence-electron chi connectivity index (χ2n) is 3.46. The summed E-state index contributed by atoms with van der Waals surface area (Å²) in [6.07, 6.45) is 7.44. The van der Waals surface area contributed by atoms with Crippen molar-refractivity contribution in [3.05, 3.63) is 60.2 Å². The van der Waals surface area contributed by atoms with Crippen LogP contribution in [-0.4, -0.2) is 12.4 Å². The highest BCUT2D eigenvalue weighted by Gasteiger charge is 2.06. The maximum absolute atomic E-state index is 10.4. The van der Waals surface area contributed by atoms with Crippen molar-refractivity contribution < 1.29 is 9.53 Å². The van der Waals surface area contributed by atoms with Crippen molar-refractivity contribution in [1.82, 2.24) is 0 Å². The number of methoxy groups -OCH3 is 1. The summed E-state index contributed by atoms with van der Waals surface area (Å²) in [6, 6.07) is 10.00. The number of hydrogen-bond donors (Lipinski definition) is 0. The summed E-state index contributed by atoms with van der Waals surface area (Å²) in [5.41, 5.74) is 1.14. The van der Waals surface area contributed by atoms with Gasteiger partial charge in [0.1, 0.15) is 0 Å². The van der Waals surface area contributed by atoms with Gasteiger partial charge >= 0.3 is 0 Å². The summed E-state index contributed by atoms with van der Waals surface area (Å²) in [4.78, 5) is 10.4. The average molecular weight is 251 g/mol. The van der Waals surface area contributed by atoms with Crippen LogP contribution >= 0.6 is 11.6 Å². The fraction of sp³-hybridized carbons (Fsp3) is 0.214. The van der Waals surface area contributed by atoms with Crippen molar-refractivity contribution in [2.45, 2.75) is 12.5 Å². The molecule has 90 valence electrons. The summed E-state index contributed by atoms with van der Waals surface area (Å²) in [5.74, 6) is 0. The Labute approximate surface area is 107 Å². The van der Waals surface area contributed by atoms with E-state index in [1.54, 1.807) is 19.3 Å². The van der Waals surface area contributed by atoms with Crippen molar-refractivity contribution in [2.75, 3.05) is 7.11 Å². The molecule has 1 unspecified atom stereocenters. The number of rotatable bonds is 6. The molecule has 0 aliphatic heterocycles. The smallest absolute Gasteiger partial charge is 0.245 e. The number of carbonyl (C=O) groups excluding carboxylic acids is 1. The first-order valence-electron chi connectivity index (χ1n) is 5.34. The van der Waals surface area contributed by atoms with E-state index in [9.17, 15) is 4.79 Å². The van der Waals surface area contributed by atoms with Crippen LogP contribution in [0.3, 0.4) is 0 Å².